The quantitative estimate of drug-likeness (QED) is 0.861. The van der Waals surface area contributed by atoms with Crippen LogP contribution in [0.15, 0.2) is 28.9 Å². The fraction of sp³-hybridized carbons (Fsp3) is 0.357. The molecule has 1 aromatic heterocycles. The Balaban J connectivity index is 2.33. The van der Waals surface area contributed by atoms with Gasteiger partial charge in [-0.1, -0.05) is 6.07 Å². The number of halogens is 2. The highest BCUT2D eigenvalue weighted by Crippen LogP contribution is 2.30. The van der Waals surface area contributed by atoms with Gasteiger partial charge in [0.1, 0.15) is 6.10 Å². The van der Waals surface area contributed by atoms with Gasteiger partial charge in [-0.25, -0.2) is 4.39 Å². The van der Waals surface area contributed by atoms with Crippen LogP contribution in [0.4, 0.5) is 4.39 Å². The van der Waals surface area contributed by atoms with Crippen LogP contribution in [0.5, 0.6) is 5.75 Å². The van der Waals surface area contributed by atoms with E-state index in [4.69, 9.17) is 9.47 Å². The molecule has 0 aliphatic rings. The first-order valence-corrected chi connectivity index (χ1v) is 7.09. The Labute approximate surface area is 130 Å². The molecule has 1 atom stereocenters. The van der Waals surface area contributed by atoms with Crippen LogP contribution < -0.4 is 4.74 Å². The van der Waals surface area contributed by atoms with Crippen molar-refractivity contribution in [2.45, 2.75) is 12.6 Å². The van der Waals surface area contributed by atoms with Crippen LogP contribution in [0.3, 0.4) is 0 Å². The van der Waals surface area contributed by atoms with Gasteiger partial charge in [-0.05, 0) is 33.6 Å². The maximum Gasteiger partial charge on any atom is 0.165 e. The number of hydrogen-bond acceptors (Lipinski definition) is 4. The lowest BCUT2D eigenvalue weighted by molar-refractivity contribution is 0.171. The summed E-state index contributed by atoms with van der Waals surface area (Å²) in [6.07, 6.45) is 0.591. The summed E-state index contributed by atoms with van der Waals surface area (Å²) in [4.78, 5) is 0. The van der Waals surface area contributed by atoms with Crippen molar-refractivity contribution in [1.82, 2.24) is 9.78 Å². The fourth-order valence-corrected chi connectivity index (χ4v) is 2.52. The highest BCUT2D eigenvalue weighted by atomic mass is 79.9. The average Bonchev–Trinajstić information content (AvgIpc) is 2.85. The normalized spacial score (nSPS) is 12.4. The van der Waals surface area contributed by atoms with Crippen molar-refractivity contribution in [2.24, 2.45) is 0 Å². The molecule has 2 rings (SSSR count). The molecular formula is C14H16BrFN2O3. The molecule has 0 saturated heterocycles. The van der Waals surface area contributed by atoms with Crippen molar-refractivity contribution in [2.75, 3.05) is 20.8 Å². The second-order valence-corrected chi connectivity index (χ2v) is 5.24. The topological polar surface area (TPSA) is 56.5 Å². The molecule has 0 bridgehead atoms. The first kappa shape index (κ1) is 15.9. The Bertz CT molecular complexity index is 618. The van der Waals surface area contributed by atoms with Gasteiger partial charge < -0.3 is 14.6 Å². The lowest BCUT2D eigenvalue weighted by Gasteiger charge is -2.15. The molecule has 0 amide bonds. The van der Waals surface area contributed by atoms with E-state index >= 15 is 0 Å². The first-order chi connectivity index (χ1) is 10.1. The molecule has 0 saturated carbocycles. The Morgan fingerprint density at radius 1 is 1.43 bits per heavy atom. The van der Waals surface area contributed by atoms with E-state index in [0.29, 0.717) is 28.9 Å². The van der Waals surface area contributed by atoms with Crippen molar-refractivity contribution in [3.63, 3.8) is 0 Å². The minimum atomic E-state index is -1.00. The molecule has 0 aliphatic heterocycles. The summed E-state index contributed by atoms with van der Waals surface area (Å²) in [5.74, 6) is -0.383. The van der Waals surface area contributed by atoms with E-state index in [1.807, 2.05) is 0 Å². The highest BCUT2D eigenvalue weighted by molar-refractivity contribution is 9.10. The van der Waals surface area contributed by atoms with Gasteiger partial charge in [-0.3, -0.25) is 4.68 Å². The summed E-state index contributed by atoms with van der Waals surface area (Å²) in [7, 11) is 2.98. The smallest absolute Gasteiger partial charge is 0.165 e. The predicted octanol–water partition coefficient (Wildman–Crippen LogP) is 2.52. The number of aromatic nitrogens is 2. The van der Waals surface area contributed by atoms with E-state index in [2.05, 4.69) is 21.0 Å². The first-order valence-electron chi connectivity index (χ1n) is 6.30. The summed E-state index contributed by atoms with van der Waals surface area (Å²) in [5.41, 5.74) is 0.977. The molecule has 0 spiro atoms. The lowest BCUT2D eigenvalue weighted by atomic mass is 10.1. The van der Waals surface area contributed by atoms with Gasteiger partial charge in [0.15, 0.2) is 11.6 Å². The van der Waals surface area contributed by atoms with Crippen LogP contribution in [0.1, 0.15) is 17.4 Å². The zero-order valence-corrected chi connectivity index (χ0v) is 13.3. The molecule has 2 aromatic rings. The molecule has 5 nitrogen and oxygen atoms in total. The van der Waals surface area contributed by atoms with Crippen LogP contribution >= 0.6 is 15.9 Å². The fourth-order valence-electron chi connectivity index (χ4n) is 2.01. The largest absolute Gasteiger partial charge is 0.494 e. The van der Waals surface area contributed by atoms with Crippen molar-refractivity contribution in [3.8, 4) is 5.75 Å². The molecule has 0 fully saturated rings. The van der Waals surface area contributed by atoms with Gasteiger partial charge in [0.05, 0.1) is 36.6 Å². The van der Waals surface area contributed by atoms with Crippen LogP contribution in [0, 0.1) is 5.82 Å². The Hall–Kier alpha value is -1.44. The Morgan fingerprint density at radius 2 is 2.19 bits per heavy atom. The number of ether oxygens (including phenoxy) is 2. The molecule has 1 aromatic carbocycles. The number of rotatable bonds is 6. The third-order valence-electron chi connectivity index (χ3n) is 3.09. The van der Waals surface area contributed by atoms with Crippen molar-refractivity contribution in [3.05, 3.63) is 45.9 Å². The van der Waals surface area contributed by atoms with E-state index in [1.165, 1.54) is 19.2 Å². The number of benzene rings is 1. The number of methoxy groups -OCH3 is 2. The van der Waals surface area contributed by atoms with Crippen molar-refractivity contribution in [1.29, 1.82) is 0 Å². The minimum Gasteiger partial charge on any atom is -0.494 e. The molecule has 114 valence electrons. The third-order valence-corrected chi connectivity index (χ3v) is 3.70. The highest BCUT2D eigenvalue weighted by Gasteiger charge is 2.20. The molecule has 1 heterocycles. The summed E-state index contributed by atoms with van der Waals surface area (Å²) in [5, 5.41) is 14.7. The van der Waals surface area contributed by atoms with Gasteiger partial charge in [-0.2, -0.15) is 5.10 Å². The van der Waals surface area contributed by atoms with E-state index in [-0.39, 0.29) is 5.75 Å². The number of aliphatic hydroxyl groups excluding tert-OH is 1. The summed E-state index contributed by atoms with van der Waals surface area (Å²) >= 11 is 3.35. The van der Waals surface area contributed by atoms with Crippen LogP contribution in [0.2, 0.25) is 0 Å². The van der Waals surface area contributed by atoms with E-state index in [0.717, 1.165) is 0 Å². The zero-order chi connectivity index (χ0) is 15.4. The minimum absolute atomic E-state index is 0.137. The Kier molecular flexibility index (Phi) is 5.33. The summed E-state index contributed by atoms with van der Waals surface area (Å²) in [6.45, 7) is 0.956. The lowest BCUT2D eigenvalue weighted by Crippen LogP contribution is -2.13. The van der Waals surface area contributed by atoms with E-state index < -0.39 is 11.9 Å². The molecule has 0 radical (unpaired) electrons. The standard InChI is InChI=1S/C14H16BrFN2O3/c1-20-6-5-18-13(10(15)8-17-18)14(19)9-3-4-12(21-2)11(16)7-9/h3-4,7-8,14,19H,5-6H2,1-2H3. The summed E-state index contributed by atoms with van der Waals surface area (Å²) in [6, 6.07) is 4.36. The Morgan fingerprint density at radius 3 is 2.81 bits per heavy atom. The average molecular weight is 359 g/mol. The van der Waals surface area contributed by atoms with Crippen LogP contribution in [-0.2, 0) is 11.3 Å². The van der Waals surface area contributed by atoms with Gasteiger partial charge in [0.25, 0.3) is 0 Å². The van der Waals surface area contributed by atoms with Gasteiger partial charge >= 0.3 is 0 Å². The van der Waals surface area contributed by atoms with Crippen molar-refractivity contribution >= 4 is 15.9 Å². The summed E-state index contributed by atoms with van der Waals surface area (Å²) < 4.78 is 25.9. The maximum absolute atomic E-state index is 13.8. The van der Waals surface area contributed by atoms with Gasteiger partial charge in [0, 0.05) is 7.11 Å². The number of aliphatic hydroxyl groups is 1. The molecule has 21 heavy (non-hydrogen) atoms. The number of nitrogens with zero attached hydrogens (tertiary/aromatic N) is 2. The molecule has 0 aliphatic carbocycles. The predicted molar refractivity (Wildman–Crippen MR) is 78.8 cm³/mol. The zero-order valence-electron chi connectivity index (χ0n) is 11.7. The second kappa shape index (κ2) is 7.02. The van der Waals surface area contributed by atoms with E-state index in [9.17, 15) is 9.50 Å². The molecular weight excluding hydrogens is 343 g/mol. The third kappa shape index (κ3) is 3.42. The monoisotopic (exact) mass is 358 g/mol. The van der Waals surface area contributed by atoms with Crippen LogP contribution in [0.25, 0.3) is 0 Å². The number of hydrogen-bond donors (Lipinski definition) is 1. The van der Waals surface area contributed by atoms with E-state index in [1.54, 1.807) is 24.1 Å². The SMILES string of the molecule is COCCn1ncc(Br)c1C(O)c1ccc(OC)c(F)c1. The van der Waals surface area contributed by atoms with Gasteiger partial charge in [0.2, 0.25) is 0 Å². The van der Waals surface area contributed by atoms with Crippen molar-refractivity contribution < 1.29 is 19.0 Å². The molecule has 1 unspecified atom stereocenters. The molecule has 7 heteroatoms. The maximum atomic E-state index is 13.8. The van der Waals surface area contributed by atoms with Crippen LogP contribution in [-0.4, -0.2) is 35.7 Å². The van der Waals surface area contributed by atoms with Gasteiger partial charge in [-0.15, -0.1) is 0 Å². The second-order valence-electron chi connectivity index (χ2n) is 4.39. The molecule has 1 N–H and O–H groups in total.